The number of hydrogen-bond acceptors (Lipinski definition) is 18. The molecule has 0 saturated heterocycles. The maximum Gasteiger partial charge on any atom is 0.419 e. The third kappa shape index (κ3) is 16.2. The monoisotopic (exact) mass is 1150 g/mol. The summed E-state index contributed by atoms with van der Waals surface area (Å²) < 4.78 is 78.1. The van der Waals surface area contributed by atoms with Crippen LogP contribution in [-0.4, -0.2) is 44.9 Å². The summed E-state index contributed by atoms with van der Waals surface area (Å²) in [4.78, 5) is 43.0. The Morgan fingerprint density at radius 3 is 1.28 bits per heavy atom. The van der Waals surface area contributed by atoms with Gasteiger partial charge in [-0.15, -0.1) is 34.0 Å². The average molecular weight is 1150 g/mol. The molecule has 76 heavy (non-hydrogen) atoms. The normalized spacial score (nSPS) is 11.3. The number of aryl methyl sites for hydroxylation is 6. The van der Waals surface area contributed by atoms with Gasteiger partial charge in [0.2, 0.25) is 0 Å². The van der Waals surface area contributed by atoms with Crippen LogP contribution in [0.2, 0.25) is 0 Å². The Hall–Kier alpha value is -6.18. The molecule has 0 spiro atoms. The molecule has 6 aromatic heterocycles. The molecule has 6 heterocycles. The summed E-state index contributed by atoms with van der Waals surface area (Å²) in [7, 11) is 0. The van der Waals surface area contributed by atoms with Crippen molar-refractivity contribution in [1.82, 2.24) is 44.9 Å². The third-order valence-corrected chi connectivity index (χ3v) is 16.7. The van der Waals surface area contributed by atoms with E-state index < -0.39 is 17.6 Å². The first-order valence-corrected chi connectivity index (χ1v) is 28.7. The zero-order valence-corrected chi connectivity index (χ0v) is 46.7. The van der Waals surface area contributed by atoms with E-state index in [0.29, 0.717) is 60.8 Å². The number of benzene rings is 3. The number of thioether (sulfide) groups is 3. The van der Waals surface area contributed by atoms with E-state index in [0.717, 1.165) is 91.6 Å². The molecule has 396 valence electrons. The predicted molar refractivity (Wildman–Crippen MR) is 298 cm³/mol. The molecule has 0 aliphatic rings. The smallest absolute Gasteiger partial charge is 0.384 e. The van der Waals surface area contributed by atoms with Crippen LogP contribution in [0.4, 0.5) is 43.8 Å². The van der Waals surface area contributed by atoms with Crippen LogP contribution < -0.4 is 17.2 Å². The highest BCUT2D eigenvalue weighted by atomic mass is 32.2. The first kappa shape index (κ1) is 57.5. The van der Waals surface area contributed by atoms with Gasteiger partial charge in [0.15, 0.2) is 15.5 Å². The first-order chi connectivity index (χ1) is 36.2. The van der Waals surface area contributed by atoms with Crippen molar-refractivity contribution >= 4 is 86.7 Å². The Morgan fingerprint density at radius 2 is 0.868 bits per heavy atom. The number of nitrogens with two attached hydrogens (primary N) is 3. The van der Waals surface area contributed by atoms with Gasteiger partial charge in [-0.1, -0.05) is 61.6 Å². The Kier molecular flexibility index (Phi) is 19.9. The lowest BCUT2D eigenvalue weighted by Gasteiger charge is -2.08. The second-order valence-electron chi connectivity index (χ2n) is 16.6. The molecule has 12 nitrogen and oxygen atoms in total. The van der Waals surface area contributed by atoms with Crippen molar-refractivity contribution in [3.8, 4) is 31.7 Å². The van der Waals surface area contributed by atoms with Gasteiger partial charge in [-0.25, -0.2) is 58.0 Å². The van der Waals surface area contributed by atoms with E-state index in [1.165, 1.54) is 86.7 Å². The van der Waals surface area contributed by atoms with E-state index in [9.17, 15) is 26.3 Å². The molecule has 24 heteroatoms. The molecular formula is C52H50F6N12S6. The summed E-state index contributed by atoms with van der Waals surface area (Å²) in [6.45, 7) is 11.7. The van der Waals surface area contributed by atoms with Crippen molar-refractivity contribution in [3.63, 3.8) is 0 Å². The number of nitrogens with zero attached hydrogens (tertiary/aromatic N) is 9. The summed E-state index contributed by atoms with van der Waals surface area (Å²) in [5.41, 5.74) is 23.4. The van der Waals surface area contributed by atoms with Crippen molar-refractivity contribution in [3.05, 3.63) is 157 Å². The van der Waals surface area contributed by atoms with Gasteiger partial charge in [-0.3, -0.25) is 0 Å². The fourth-order valence-corrected chi connectivity index (χ4v) is 13.1. The van der Waals surface area contributed by atoms with Crippen LogP contribution in [0.5, 0.6) is 0 Å². The molecular weight excluding hydrogens is 1100 g/mol. The summed E-state index contributed by atoms with van der Waals surface area (Å²) in [5, 5.41) is 4.13. The van der Waals surface area contributed by atoms with Gasteiger partial charge in [-0.2, -0.15) is 13.2 Å². The maximum absolute atomic E-state index is 13.8. The Balaban J connectivity index is 0.000000166. The second kappa shape index (κ2) is 26.2. The lowest BCUT2D eigenvalue weighted by atomic mass is 10.1. The predicted octanol–water partition coefficient (Wildman–Crippen LogP) is 14.6. The molecule has 0 saturated carbocycles. The maximum atomic E-state index is 13.8. The summed E-state index contributed by atoms with van der Waals surface area (Å²) in [5.74, 6) is 1.39. The van der Waals surface area contributed by atoms with Crippen LogP contribution >= 0.6 is 69.3 Å². The largest absolute Gasteiger partial charge is 0.419 e. The van der Waals surface area contributed by atoms with E-state index in [1.807, 2.05) is 27.7 Å². The average Bonchev–Trinajstić information content (AvgIpc) is 4.08. The van der Waals surface area contributed by atoms with Crippen LogP contribution in [0.15, 0.2) is 100 Å². The van der Waals surface area contributed by atoms with Crippen molar-refractivity contribution in [1.29, 1.82) is 0 Å². The summed E-state index contributed by atoms with van der Waals surface area (Å²) >= 11 is 9.02. The zero-order valence-electron chi connectivity index (χ0n) is 41.8. The number of aromatic nitrogens is 9. The van der Waals surface area contributed by atoms with E-state index in [-0.39, 0.29) is 11.6 Å². The lowest BCUT2D eigenvalue weighted by molar-refractivity contribution is -0.139. The van der Waals surface area contributed by atoms with Gasteiger partial charge in [0.25, 0.3) is 0 Å². The first-order valence-electron chi connectivity index (χ1n) is 23.3. The number of hydrogen-bond donors (Lipinski definition) is 3. The molecule has 0 fully saturated rings. The fraction of sp³-hybridized carbons (Fsp3) is 0.250. The number of thiazole rings is 3. The van der Waals surface area contributed by atoms with Gasteiger partial charge >= 0.3 is 6.18 Å². The topological polar surface area (TPSA) is 194 Å². The molecule has 0 amide bonds. The minimum Gasteiger partial charge on any atom is -0.384 e. The molecule has 9 aromatic rings. The minimum atomic E-state index is -4.72. The van der Waals surface area contributed by atoms with E-state index in [1.54, 1.807) is 65.1 Å². The van der Waals surface area contributed by atoms with Crippen molar-refractivity contribution in [2.45, 2.75) is 99.7 Å². The van der Waals surface area contributed by atoms with Crippen LogP contribution in [0.3, 0.4) is 0 Å². The number of rotatable bonds is 15. The van der Waals surface area contributed by atoms with Gasteiger partial charge < -0.3 is 17.2 Å². The van der Waals surface area contributed by atoms with Gasteiger partial charge in [0.05, 0.1) is 22.6 Å². The van der Waals surface area contributed by atoms with E-state index >= 15 is 0 Å². The number of halogens is 6. The lowest BCUT2D eigenvalue weighted by Crippen LogP contribution is -2.07. The molecule has 3 aromatic carbocycles. The standard InChI is InChI=1S/C18H19FN4S2.C17H14F4N4S2.C17H17FN4S2/c1-3-4-15-14(10-24-18-21-11(2)9-16(20)23-18)22-17(25-15)12-5-7-13(19)8-6-12;1-8-5-14(22)25-16(23-8)26-7-13-9(2)27-15(24-13)10-3-4-11(12(18)6-10)17(19,20)21;1-3-14-13(9-23-17-20-10(2)8-15(19)22-17)21-16(24-14)11-4-6-12(18)7-5-11/h5-9H,3-4,10H2,1-2H3,(H2,20,21,23);3-6H,7H2,1-2H3,(H2,22,23,25);4-8H,3,9H2,1-2H3,(H2,19,20,22). The summed E-state index contributed by atoms with van der Waals surface area (Å²) in [6, 6.07) is 20.9. The molecule has 0 unspecified atom stereocenters. The highest BCUT2D eigenvalue weighted by Crippen LogP contribution is 2.37. The van der Waals surface area contributed by atoms with E-state index in [2.05, 4.69) is 48.7 Å². The number of anilines is 3. The van der Waals surface area contributed by atoms with Crippen molar-refractivity contribution in [2.24, 2.45) is 0 Å². The van der Waals surface area contributed by atoms with Gasteiger partial charge in [-0.05, 0) is 101 Å². The Morgan fingerprint density at radius 1 is 0.474 bits per heavy atom. The molecule has 0 atom stereocenters. The van der Waals surface area contributed by atoms with Crippen LogP contribution in [0, 0.1) is 45.1 Å². The van der Waals surface area contributed by atoms with Crippen molar-refractivity contribution < 1.29 is 26.3 Å². The zero-order chi connectivity index (χ0) is 54.7. The summed E-state index contributed by atoms with van der Waals surface area (Å²) in [6.07, 6.45) is -1.79. The van der Waals surface area contributed by atoms with Crippen LogP contribution in [0.25, 0.3) is 31.7 Å². The molecule has 6 N–H and O–H groups in total. The van der Waals surface area contributed by atoms with Crippen LogP contribution in [-0.2, 0) is 36.3 Å². The van der Waals surface area contributed by atoms with Gasteiger partial charge in [0.1, 0.15) is 49.9 Å². The third-order valence-electron chi connectivity index (χ3n) is 10.5. The fourth-order valence-electron chi connectivity index (χ4n) is 6.97. The quantitative estimate of drug-likeness (QED) is 0.0498. The minimum absolute atomic E-state index is 0.237. The molecule has 0 radical (unpaired) electrons. The SMILES string of the molecule is CCCc1sc(-c2ccc(F)cc2)nc1CSc1nc(C)cc(N)n1.CCc1sc(-c2ccc(F)cc2)nc1CSc1nc(C)cc(N)n1.Cc1cc(N)nc(SCc2nc(-c3ccc(C(F)(F)F)c(F)c3)sc2C)n1. The Bertz CT molecular complexity index is 3340. The number of nitrogen functional groups attached to an aromatic ring is 3. The Labute approximate surface area is 460 Å². The molecule has 9 rings (SSSR count). The highest BCUT2D eigenvalue weighted by Gasteiger charge is 2.34. The van der Waals surface area contributed by atoms with Crippen molar-refractivity contribution in [2.75, 3.05) is 17.2 Å². The number of alkyl halides is 3. The van der Waals surface area contributed by atoms with E-state index in [4.69, 9.17) is 27.2 Å². The molecule has 0 aliphatic heterocycles. The highest BCUT2D eigenvalue weighted by molar-refractivity contribution is 7.98. The second-order valence-corrected chi connectivity index (χ2v) is 22.8. The molecule has 0 aliphatic carbocycles. The van der Waals surface area contributed by atoms with Gasteiger partial charge in [0, 0.05) is 83.9 Å². The van der Waals surface area contributed by atoms with Crippen LogP contribution in [0.1, 0.15) is 74.6 Å². The molecule has 0 bridgehead atoms.